The second kappa shape index (κ2) is 4.86. The van der Waals surface area contributed by atoms with Gasteiger partial charge >= 0.3 is 0 Å². The molecule has 3 heteroatoms. The first-order chi connectivity index (χ1) is 7.24. The standard InChI is InChI=1S/C12H14ClO2/c13-9-4-6-11(7-5-9)15-12-3-1-2-10(14)8-12/h4-6,10,12,14H,1-3,8H2. The highest BCUT2D eigenvalue weighted by atomic mass is 35.5. The van der Waals surface area contributed by atoms with Crippen LogP contribution in [-0.4, -0.2) is 17.3 Å². The monoisotopic (exact) mass is 225 g/mol. The van der Waals surface area contributed by atoms with Crippen LogP contribution >= 0.6 is 11.6 Å². The molecule has 1 aromatic carbocycles. The predicted molar refractivity (Wildman–Crippen MR) is 59.2 cm³/mol. The van der Waals surface area contributed by atoms with Crippen LogP contribution in [0.4, 0.5) is 0 Å². The van der Waals surface area contributed by atoms with E-state index in [1.54, 1.807) is 12.1 Å². The first-order valence-corrected chi connectivity index (χ1v) is 5.64. The molecule has 1 saturated carbocycles. The van der Waals surface area contributed by atoms with E-state index < -0.39 is 0 Å². The van der Waals surface area contributed by atoms with Gasteiger partial charge in [0.2, 0.25) is 0 Å². The highest BCUT2D eigenvalue weighted by molar-refractivity contribution is 6.30. The molecule has 0 aromatic heterocycles. The van der Waals surface area contributed by atoms with Crippen LogP contribution in [-0.2, 0) is 0 Å². The molecule has 2 unspecified atom stereocenters. The summed E-state index contributed by atoms with van der Waals surface area (Å²) in [6, 6.07) is 8.25. The molecule has 0 aliphatic heterocycles. The summed E-state index contributed by atoms with van der Waals surface area (Å²) in [5.74, 6) is 0.707. The van der Waals surface area contributed by atoms with Crippen molar-refractivity contribution in [3.63, 3.8) is 0 Å². The fraction of sp³-hybridized carbons (Fsp3) is 0.500. The van der Waals surface area contributed by atoms with Gasteiger partial charge in [0.25, 0.3) is 0 Å². The summed E-state index contributed by atoms with van der Waals surface area (Å²) in [7, 11) is 0. The third-order valence-electron chi connectivity index (χ3n) is 2.64. The van der Waals surface area contributed by atoms with Crippen molar-refractivity contribution in [2.45, 2.75) is 37.9 Å². The zero-order valence-corrected chi connectivity index (χ0v) is 9.20. The van der Waals surface area contributed by atoms with E-state index in [-0.39, 0.29) is 12.2 Å². The van der Waals surface area contributed by atoms with Gasteiger partial charge in [-0.2, -0.15) is 0 Å². The van der Waals surface area contributed by atoms with Crippen LogP contribution in [0, 0.1) is 6.07 Å². The van der Waals surface area contributed by atoms with E-state index in [1.807, 2.05) is 6.07 Å². The average Bonchev–Trinajstić information content (AvgIpc) is 2.22. The van der Waals surface area contributed by atoms with Gasteiger partial charge in [-0.3, -0.25) is 0 Å². The van der Waals surface area contributed by atoms with Crippen LogP contribution in [0.15, 0.2) is 18.2 Å². The molecule has 1 fully saturated rings. The van der Waals surface area contributed by atoms with Crippen molar-refractivity contribution in [2.24, 2.45) is 0 Å². The summed E-state index contributed by atoms with van der Waals surface area (Å²) in [4.78, 5) is 0. The molecule has 0 saturated heterocycles. The van der Waals surface area contributed by atoms with Crippen LogP contribution in [0.2, 0.25) is 5.02 Å². The Morgan fingerprint density at radius 1 is 1.40 bits per heavy atom. The third kappa shape index (κ3) is 3.11. The largest absolute Gasteiger partial charge is 0.490 e. The number of hydrogen-bond acceptors (Lipinski definition) is 2. The summed E-state index contributed by atoms with van der Waals surface area (Å²) in [6.45, 7) is 0. The molecule has 2 atom stereocenters. The molecule has 0 amide bonds. The van der Waals surface area contributed by atoms with E-state index in [9.17, 15) is 5.11 Å². The van der Waals surface area contributed by atoms with Gasteiger partial charge in [-0.1, -0.05) is 11.6 Å². The number of ether oxygens (including phenoxy) is 1. The summed E-state index contributed by atoms with van der Waals surface area (Å²) in [5.41, 5.74) is 0. The molecule has 15 heavy (non-hydrogen) atoms. The molecule has 1 radical (unpaired) electrons. The second-order valence-electron chi connectivity index (χ2n) is 3.93. The SMILES string of the molecule is OC1CCCC(Oc2[c]cc(Cl)cc2)C1. The molecule has 81 valence electrons. The van der Waals surface area contributed by atoms with Crippen LogP contribution in [0.3, 0.4) is 0 Å². The summed E-state index contributed by atoms with van der Waals surface area (Å²) >= 11 is 5.75. The molecular formula is C12H14ClO2. The molecule has 2 rings (SSSR count). The molecule has 1 aliphatic rings. The van der Waals surface area contributed by atoms with Crippen molar-refractivity contribution in [3.05, 3.63) is 29.3 Å². The van der Waals surface area contributed by atoms with Gasteiger partial charge < -0.3 is 9.84 Å². The Morgan fingerprint density at radius 2 is 2.27 bits per heavy atom. The molecule has 0 spiro atoms. The Balaban J connectivity index is 1.93. The quantitative estimate of drug-likeness (QED) is 0.839. The van der Waals surface area contributed by atoms with Crippen molar-refractivity contribution >= 4 is 11.6 Å². The van der Waals surface area contributed by atoms with Crippen LogP contribution in [0.1, 0.15) is 25.7 Å². The summed E-state index contributed by atoms with van der Waals surface area (Å²) < 4.78 is 5.71. The number of benzene rings is 1. The third-order valence-corrected chi connectivity index (χ3v) is 2.87. The van der Waals surface area contributed by atoms with Crippen molar-refractivity contribution in [1.82, 2.24) is 0 Å². The topological polar surface area (TPSA) is 29.5 Å². The minimum atomic E-state index is -0.212. The normalized spacial score (nSPS) is 26.3. The van der Waals surface area contributed by atoms with E-state index >= 15 is 0 Å². The van der Waals surface area contributed by atoms with Gasteiger partial charge in [-0.15, -0.1) is 0 Å². The van der Waals surface area contributed by atoms with Crippen LogP contribution in [0.5, 0.6) is 5.75 Å². The van der Waals surface area contributed by atoms with Crippen LogP contribution < -0.4 is 4.74 Å². The van der Waals surface area contributed by atoms with Gasteiger partial charge in [0, 0.05) is 17.5 Å². The van der Waals surface area contributed by atoms with Crippen LogP contribution in [0.25, 0.3) is 0 Å². The van der Waals surface area contributed by atoms with Crippen molar-refractivity contribution < 1.29 is 9.84 Å². The van der Waals surface area contributed by atoms with Gasteiger partial charge in [-0.05, 0) is 37.5 Å². The minimum Gasteiger partial charge on any atom is -0.490 e. The highest BCUT2D eigenvalue weighted by Crippen LogP contribution is 2.24. The van der Waals surface area contributed by atoms with E-state index in [0.29, 0.717) is 10.8 Å². The van der Waals surface area contributed by atoms with Gasteiger partial charge in [-0.25, -0.2) is 0 Å². The maximum absolute atomic E-state index is 9.49. The van der Waals surface area contributed by atoms with E-state index in [4.69, 9.17) is 16.3 Å². The average molecular weight is 226 g/mol. The Morgan fingerprint density at radius 3 is 2.93 bits per heavy atom. The minimum absolute atomic E-state index is 0.117. The lowest BCUT2D eigenvalue weighted by atomic mass is 9.95. The lowest BCUT2D eigenvalue weighted by Crippen LogP contribution is -2.28. The van der Waals surface area contributed by atoms with E-state index in [1.165, 1.54) is 0 Å². The number of halogens is 1. The lowest BCUT2D eigenvalue weighted by molar-refractivity contribution is 0.0535. The predicted octanol–water partition coefficient (Wildman–Crippen LogP) is 2.82. The lowest BCUT2D eigenvalue weighted by Gasteiger charge is -2.26. The van der Waals surface area contributed by atoms with Crippen molar-refractivity contribution in [3.8, 4) is 5.75 Å². The molecule has 0 heterocycles. The maximum Gasteiger partial charge on any atom is 0.127 e. The maximum atomic E-state index is 9.49. The molecule has 1 N–H and O–H groups in total. The number of rotatable bonds is 2. The smallest absolute Gasteiger partial charge is 0.127 e. The zero-order valence-electron chi connectivity index (χ0n) is 8.45. The number of aliphatic hydroxyl groups is 1. The van der Waals surface area contributed by atoms with E-state index in [0.717, 1.165) is 25.7 Å². The van der Waals surface area contributed by atoms with Gasteiger partial charge in [0.1, 0.15) is 11.9 Å². The zero-order chi connectivity index (χ0) is 10.7. The summed E-state index contributed by atoms with van der Waals surface area (Å²) in [6.07, 6.45) is 3.55. The second-order valence-corrected chi connectivity index (χ2v) is 4.37. The van der Waals surface area contributed by atoms with Crippen molar-refractivity contribution in [2.75, 3.05) is 0 Å². The van der Waals surface area contributed by atoms with Crippen molar-refractivity contribution in [1.29, 1.82) is 0 Å². The first-order valence-electron chi connectivity index (χ1n) is 5.26. The van der Waals surface area contributed by atoms with Gasteiger partial charge in [0.05, 0.1) is 6.10 Å². The fourth-order valence-electron chi connectivity index (χ4n) is 1.87. The Labute approximate surface area is 94.8 Å². The number of aliphatic hydroxyl groups excluding tert-OH is 1. The van der Waals surface area contributed by atoms with E-state index in [2.05, 4.69) is 6.07 Å². The Hall–Kier alpha value is -0.730. The molecular weight excluding hydrogens is 212 g/mol. The summed E-state index contributed by atoms with van der Waals surface area (Å²) in [5, 5.41) is 10.1. The number of hydrogen-bond donors (Lipinski definition) is 1. The molecule has 1 aliphatic carbocycles. The molecule has 2 nitrogen and oxygen atoms in total. The fourth-order valence-corrected chi connectivity index (χ4v) is 1.99. The first kappa shape index (κ1) is 10.8. The Bertz CT molecular complexity index is 310. The Kier molecular flexibility index (Phi) is 3.49. The highest BCUT2D eigenvalue weighted by Gasteiger charge is 2.21. The molecule has 0 bridgehead atoms. The molecule has 1 aromatic rings. The van der Waals surface area contributed by atoms with Gasteiger partial charge in [0.15, 0.2) is 0 Å².